The summed E-state index contributed by atoms with van der Waals surface area (Å²) in [6.07, 6.45) is 16.3. The molecule has 1 N–H and O–H groups in total. The first-order valence-corrected chi connectivity index (χ1v) is 12.7. The molecule has 0 rings (SSSR count). The lowest BCUT2D eigenvalue weighted by Crippen LogP contribution is -2.42. The van der Waals surface area contributed by atoms with Gasteiger partial charge in [-0.25, -0.2) is 9.59 Å². The van der Waals surface area contributed by atoms with Crippen LogP contribution < -0.4 is 5.32 Å². The number of hydrogen-bond donors (Lipinski definition) is 1. The molecule has 0 bridgehead atoms. The van der Waals surface area contributed by atoms with E-state index in [2.05, 4.69) is 26.1 Å². The van der Waals surface area contributed by atoms with Gasteiger partial charge in [-0.05, 0) is 25.2 Å². The van der Waals surface area contributed by atoms with E-state index < -0.39 is 12.1 Å². The van der Waals surface area contributed by atoms with Crippen LogP contribution in [0.25, 0.3) is 0 Å². The van der Waals surface area contributed by atoms with Gasteiger partial charge in [-0.1, -0.05) is 105 Å². The molecule has 178 valence electrons. The van der Waals surface area contributed by atoms with Crippen LogP contribution in [0, 0.1) is 5.92 Å². The van der Waals surface area contributed by atoms with E-state index in [0.29, 0.717) is 25.6 Å². The molecule has 0 aliphatic heterocycles. The fourth-order valence-corrected chi connectivity index (χ4v) is 3.50. The minimum Gasteiger partial charge on any atom is -0.464 e. The molecule has 0 saturated carbocycles. The average molecular weight is 428 g/mol. The second-order valence-corrected chi connectivity index (χ2v) is 8.50. The normalized spacial score (nSPS) is 12.9. The van der Waals surface area contributed by atoms with E-state index in [0.717, 1.165) is 44.9 Å². The number of alkyl carbamates (subject to hydrolysis) is 1. The highest BCUT2D eigenvalue weighted by molar-refractivity contribution is 5.81. The van der Waals surface area contributed by atoms with Crippen molar-refractivity contribution in [2.24, 2.45) is 5.92 Å². The monoisotopic (exact) mass is 427 g/mol. The Hall–Kier alpha value is -1.26. The van der Waals surface area contributed by atoms with Crippen molar-refractivity contribution in [3.05, 3.63) is 0 Å². The fraction of sp³-hybridized carbons (Fsp3) is 0.920. The molecule has 5 nitrogen and oxygen atoms in total. The molecule has 0 spiro atoms. The van der Waals surface area contributed by atoms with Crippen LogP contribution in [0.4, 0.5) is 4.79 Å². The first-order valence-electron chi connectivity index (χ1n) is 12.7. The Balaban J connectivity index is 4.00. The average Bonchev–Trinajstić information content (AvgIpc) is 2.74. The number of carbonyl (C=O) groups excluding carboxylic acids is 2. The summed E-state index contributed by atoms with van der Waals surface area (Å²) in [6, 6.07) is -0.614. The van der Waals surface area contributed by atoms with Gasteiger partial charge in [0, 0.05) is 0 Å². The number of esters is 1. The Morgan fingerprint density at radius 2 is 1.30 bits per heavy atom. The predicted octanol–water partition coefficient (Wildman–Crippen LogP) is 7.17. The zero-order chi connectivity index (χ0) is 22.5. The fourth-order valence-electron chi connectivity index (χ4n) is 3.50. The van der Waals surface area contributed by atoms with Crippen LogP contribution in [0.5, 0.6) is 0 Å². The zero-order valence-corrected chi connectivity index (χ0v) is 20.3. The van der Waals surface area contributed by atoms with Crippen molar-refractivity contribution in [1.29, 1.82) is 0 Å². The lowest BCUT2D eigenvalue weighted by Gasteiger charge is -2.19. The van der Waals surface area contributed by atoms with Gasteiger partial charge in [0.15, 0.2) is 0 Å². The van der Waals surface area contributed by atoms with E-state index in [1.54, 1.807) is 0 Å². The molecule has 0 aliphatic rings. The van der Waals surface area contributed by atoms with E-state index in [-0.39, 0.29) is 5.97 Å². The summed E-state index contributed by atoms with van der Waals surface area (Å²) < 4.78 is 10.8. The number of unbranched alkanes of at least 4 members (excludes halogenated alkanes) is 9. The van der Waals surface area contributed by atoms with Crippen molar-refractivity contribution >= 4 is 12.1 Å². The van der Waals surface area contributed by atoms with E-state index >= 15 is 0 Å². The van der Waals surface area contributed by atoms with Gasteiger partial charge in [-0.2, -0.15) is 0 Å². The quantitative estimate of drug-likeness (QED) is 0.165. The molecule has 0 aromatic heterocycles. The molecule has 0 heterocycles. The lowest BCUT2D eigenvalue weighted by molar-refractivity contribution is -0.146. The van der Waals surface area contributed by atoms with Crippen molar-refractivity contribution in [2.75, 3.05) is 13.2 Å². The topological polar surface area (TPSA) is 64.6 Å². The van der Waals surface area contributed by atoms with Crippen LogP contribution in [-0.4, -0.2) is 31.3 Å². The van der Waals surface area contributed by atoms with Gasteiger partial charge < -0.3 is 14.8 Å². The Bertz CT molecular complexity index is 414. The Morgan fingerprint density at radius 3 is 1.87 bits per heavy atom. The summed E-state index contributed by atoms with van der Waals surface area (Å²) in [5, 5.41) is 2.70. The SMILES string of the molecule is CCCCCCCCCCCOC(=O)C(CCC)NC(=O)OCC(CC)CCCC. The van der Waals surface area contributed by atoms with E-state index in [9.17, 15) is 9.59 Å². The largest absolute Gasteiger partial charge is 0.464 e. The maximum atomic E-state index is 12.3. The van der Waals surface area contributed by atoms with Crippen LogP contribution in [-0.2, 0) is 14.3 Å². The highest BCUT2D eigenvalue weighted by atomic mass is 16.6. The molecular weight excluding hydrogens is 378 g/mol. The number of hydrogen-bond acceptors (Lipinski definition) is 4. The van der Waals surface area contributed by atoms with Crippen molar-refractivity contribution in [2.45, 2.75) is 130 Å². The minimum atomic E-state index is -0.614. The number of carbonyl (C=O) groups is 2. The van der Waals surface area contributed by atoms with Gasteiger partial charge in [-0.3, -0.25) is 0 Å². The van der Waals surface area contributed by atoms with Crippen molar-refractivity contribution < 1.29 is 19.1 Å². The Kier molecular flexibility index (Phi) is 20.1. The first-order chi connectivity index (χ1) is 14.6. The molecule has 0 aliphatic carbocycles. The van der Waals surface area contributed by atoms with Gasteiger partial charge in [0.25, 0.3) is 0 Å². The molecular formula is C25H49NO4. The summed E-state index contributed by atoms with van der Waals surface area (Å²) >= 11 is 0. The smallest absolute Gasteiger partial charge is 0.407 e. The van der Waals surface area contributed by atoms with Crippen LogP contribution >= 0.6 is 0 Å². The lowest BCUT2D eigenvalue weighted by atomic mass is 10.0. The Morgan fingerprint density at radius 1 is 0.700 bits per heavy atom. The zero-order valence-electron chi connectivity index (χ0n) is 20.3. The van der Waals surface area contributed by atoms with Gasteiger partial charge >= 0.3 is 12.1 Å². The molecule has 2 unspecified atom stereocenters. The molecule has 0 aromatic rings. The summed E-state index contributed by atoms with van der Waals surface area (Å²) in [7, 11) is 0. The molecule has 0 fully saturated rings. The molecule has 30 heavy (non-hydrogen) atoms. The molecule has 0 saturated heterocycles. The maximum absolute atomic E-state index is 12.3. The van der Waals surface area contributed by atoms with Gasteiger partial charge in [0.2, 0.25) is 0 Å². The maximum Gasteiger partial charge on any atom is 0.407 e. The highest BCUT2D eigenvalue weighted by Gasteiger charge is 2.22. The minimum absolute atomic E-state index is 0.341. The summed E-state index contributed by atoms with van der Waals surface area (Å²) in [4.78, 5) is 24.5. The number of amides is 1. The second-order valence-electron chi connectivity index (χ2n) is 8.50. The van der Waals surface area contributed by atoms with Crippen molar-refractivity contribution in [3.8, 4) is 0 Å². The summed E-state index contributed by atoms with van der Waals surface area (Å²) in [5.41, 5.74) is 0. The van der Waals surface area contributed by atoms with Gasteiger partial charge in [0.05, 0.1) is 13.2 Å². The van der Waals surface area contributed by atoms with Crippen LogP contribution in [0.15, 0.2) is 0 Å². The van der Waals surface area contributed by atoms with Crippen LogP contribution in [0.2, 0.25) is 0 Å². The third-order valence-corrected chi connectivity index (χ3v) is 5.64. The van der Waals surface area contributed by atoms with E-state index in [4.69, 9.17) is 9.47 Å². The second kappa shape index (κ2) is 21.0. The third kappa shape index (κ3) is 16.5. The van der Waals surface area contributed by atoms with Crippen LogP contribution in [0.1, 0.15) is 124 Å². The highest BCUT2D eigenvalue weighted by Crippen LogP contribution is 2.13. The molecule has 1 amide bonds. The molecule has 2 atom stereocenters. The Labute approximate surface area is 186 Å². The van der Waals surface area contributed by atoms with Gasteiger partial charge in [-0.15, -0.1) is 0 Å². The predicted molar refractivity (Wildman–Crippen MR) is 125 cm³/mol. The third-order valence-electron chi connectivity index (χ3n) is 5.64. The first kappa shape index (κ1) is 28.7. The summed E-state index contributed by atoms with van der Waals surface area (Å²) in [5.74, 6) is 0.0466. The molecule has 0 aromatic carbocycles. The number of rotatable bonds is 20. The standard InChI is InChI=1S/C25H49NO4/c1-5-9-11-12-13-14-15-16-17-20-29-24(27)23(18-7-3)26-25(28)30-21-22(8-4)19-10-6-2/h22-23H,5-21H2,1-4H3,(H,26,28). The molecule has 0 radical (unpaired) electrons. The molecule has 5 heteroatoms. The van der Waals surface area contributed by atoms with Gasteiger partial charge in [0.1, 0.15) is 6.04 Å². The summed E-state index contributed by atoms with van der Waals surface area (Å²) in [6.45, 7) is 9.35. The van der Waals surface area contributed by atoms with Crippen LogP contribution in [0.3, 0.4) is 0 Å². The number of nitrogens with one attached hydrogen (secondary N) is 1. The van der Waals surface area contributed by atoms with E-state index in [1.807, 2.05) is 6.92 Å². The van der Waals surface area contributed by atoms with E-state index in [1.165, 1.54) is 44.9 Å². The van der Waals surface area contributed by atoms with Crippen molar-refractivity contribution in [3.63, 3.8) is 0 Å². The number of ether oxygens (including phenoxy) is 2. The van der Waals surface area contributed by atoms with Crippen molar-refractivity contribution in [1.82, 2.24) is 5.32 Å².